The summed E-state index contributed by atoms with van der Waals surface area (Å²) in [6, 6.07) is 1.74. The van der Waals surface area contributed by atoms with Crippen LogP contribution in [0.2, 0.25) is 0 Å². The minimum absolute atomic E-state index is 0.363. The fourth-order valence-corrected chi connectivity index (χ4v) is 4.51. The molecule has 0 aromatic carbocycles. The van der Waals surface area contributed by atoms with E-state index in [2.05, 4.69) is 42.1 Å². The van der Waals surface area contributed by atoms with Gasteiger partial charge in [-0.15, -0.1) is 0 Å². The maximum atomic E-state index is 5.92. The van der Waals surface area contributed by atoms with E-state index in [1.165, 1.54) is 38.5 Å². The predicted octanol–water partition coefficient (Wildman–Crippen LogP) is 4.18. The molecule has 2 aliphatic carbocycles. The third-order valence-electron chi connectivity index (χ3n) is 5.26. The first kappa shape index (κ1) is 20.0. The highest BCUT2D eigenvalue weighted by Gasteiger charge is 2.21. The minimum Gasteiger partial charge on any atom is -0.328 e. The number of nitrogens with two attached hydrogens (primary N) is 2. The molecule has 0 amide bonds. The van der Waals surface area contributed by atoms with Gasteiger partial charge < -0.3 is 11.5 Å². The SMILES string of the molecule is N[C@@H]1CCC[C@@H](n2cc(Br)cn2)C1.N[C@@H]1CCC[C@H](n2cc(Br)cn2)C1. The maximum Gasteiger partial charge on any atom is 0.0632 e. The fourth-order valence-electron chi connectivity index (χ4n) is 3.91. The zero-order chi connectivity index (χ0) is 18.5. The van der Waals surface area contributed by atoms with Gasteiger partial charge in [0, 0.05) is 24.5 Å². The van der Waals surface area contributed by atoms with Crippen LogP contribution in [0.15, 0.2) is 33.7 Å². The number of hydrogen-bond acceptors (Lipinski definition) is 4. The Hall–Kier alpha value is -0.700. The maximum absolute atomic E-state index is 5.92. The molecule has 0 unspecified atom stereocenters. The molecule has 2 fully saturated rings. The van der Waals surface area contributed by atoms with Crippen molar-refractivity contribution >= 4 is 31.9 Å². The highest BCUT2D eigenvalue weighted by atomic mass is 79.9. The van der Waals surface area contributed by atoms with Crippen molar-refractivity contribution in [3.05, 3.63) is 33.7 Å². The van der Waals surface area contributed by atoms with Crippen LogP contribution in [0.5, 0.6) is 0 Å². The van der Waals surface area contributed by atoms with Gasteiger partial charge in [0.1, 0.15) is 0 Å². The zero-order valence-corrected chi connectivity index (χ0v) is 18.1. The molecule has 2 aromatic heterocycles. The lowest BCUT2D eigenvalue weighted by Crippen LogP contribution is -2.29. The van der Waals surface area contributed by atoms with Crippen LogP contribution in [0.3, 0.4) is 0 Å². The summed E-state index contributed by atoms with van der Waals surface area (Å²) in [6.07, 6.45) is 17.1. The van der Waals surface area contributed by atoms with Gasteiger partial charge in [0.05, 0.1) is 33.4 Å². The van der Waals surface area contributed by atoms with E-state index in [9.17, 15) is 0 Å². The van der Waals surface area contributed by atoms with E-state index in [0.29, 0.717) is 24.2 Å². The molecule has 2 aromatic rings. The molecule has 0 saturated heterocycles. The largest absolute Gasteiger partial charge is 0.328 e. The fraction of sp³-hybridized carbons (Fsp3) is 0.667. The van der Waals surface area contributed by atoms with Crippen molar-refractivity contribution in [2.75, 3.05) is 0 Å². The Kier molecular flexibility index (Phi) is 7.31. The van der Waals surface area contributed by atoms with E-state index in [1.807, 2.05) is 34.2 Å². The Morgan fingerprint density at radius 3 is 1.50 bits per heavy atom. The highest BCUT2D eigenvalue weighted by molar-refractivity contribution is 9.10. The number of nitrogens with zero attached hydrogens (tertiary/aromatic N) is 4. The summed E-state index contributed by atoms with van der Waals surface area (Å²) >= 11 is 6.80. The zero-order valence-electron chi connectivity index (χ0n) is 15.0. The highest BCUT2D eigenvalue weighted by Crippen LogP contribution is 2.28. The number of hydrogen-bond donors (Lipinski definition) is 2. The molecule has 0 spiro atoms. The molecule has 4 rings (SSSR count). The molecule has 0 radical (unpaired) electrons. The molecule has 8 heteroatoms. The molecule has 2 heterocycles. The lowest BCUT2D eigenvalue weighted by Gasteiger charge is -2.26. The first-order chi connectivity index (χ1) is 12.5. The molecule has 2 saturated carbocycles. The summed E-state index contributed by atoms with van der Waals surface area (Å²) in [5.41, 5.74) is 11.8. The van der Waals surface area contributed by atoms with Gasteiger partial charge in [-0.1, -0.05) is 0 Å². The molecular weight excluding hydrogens is 460 g/mol. The first-order valence-electron chi connectivity index (χ1n) is 9.41. The quantitative estimate of drug-likeness (QED) is 0.665. The molecule has 26 heavy (non-hydrogen) atoms. The Morgan fingerprint density at radius 1 is 0.769 bits per heavy atom. The van der Waals surface area contributed by atoms with Gasteiger partial charge in [-0.2, -0.15) is 10.2 Å². The predicted molar refractivity (Wildman–Crippen MR) is 111 cm³/mol. The molecule has 2 aliphatic rings. The summed E-state index contributed by atoms with van der Waals surface area (Å²) in [4.78, 5) is 0. The van der Waals surface area contributed by atoms with Crippen LogP contribution in [0.4, 0.5) is 0 Å². The van der Waals surface area contributed by atoms with Crippen LogP contribution in [0.1, 0.15) is 63.5 Å². The third kappa shape index (κ3) is 5.65. The van der Waals surface area contributed by atoms with Crippen LogP contribution in [-0.2, 0) is 0 Å². The first-order valence-corrected chi connectivity index (χ1v) is 11.0. The molecule has 6 nitrogen and oxygen atoms in total. The average Bonchev–Trinajstić information content (AvgIpc) is 3.24. The van der Waals surface area contributed by atoms with Gasteiger partial charge in [-0.05, 0) is 83.2 Å². The van der Waals surface area contributed by atoms with Gasteiger partial charge in [0.2, 0.25) is 0 Å². The van der Waals surface area contributed by atoms with Gasteiger partial charge in [0.15, 0.2) is 0 Å². The smallest absolute Gasteiger partial charge is 0.0632 e. The Bertz CT molecular complexity index is 627. The molecule has 0 aliphatic heterocycles. The average molecular weight is 488 g/mol. The number of halogens is 2. The second-order valence-corrected chi connectivity index (χ2v) is 9.27. The molecule has 0 bridgehead atoms. The monoisotopic (exact) mass is 486 g/mol. The van der Waals surface area contributed by atoms with Crippen LogP contribution in [-0.4, -0.2) is 31.6 Å². The Labute approximate surface area is 171 Å². The van der Waals surface area contributed by atoms with E-state index < -0.39 is 0 Å². The minimum atomic E-state index is 0.363. The lowest BCUT2D eigenvalue weighted by atomic mass is 9.92. The van der Waals surface area contributed by atoms with E-state index >= 15 is 0 Å². The van der Waals surface area contributed by atoms with Crippen LogP contribution >= 0.6 is 31.9 Å². The van der Waals surface area contributed by atoms with E-state index in [4.69, 9.17) is 11.5 Å². The van der Waals surface area contributed by atoms with Crippen molar-refractivity contribution in [1.29, 1.82) is 0 Å². The van der Waals surface area contributed by atoms with Crippen molar-refractivity contribution in [3.8, 4) is 0 Å². The topological polar surface area (TPSA) is 87.7 Å². The third-order valence-corrected chi connectivity index (χ3v) is 6.08. The normalized spacial score (nSPS) is 29.1. The summed E-state index contributed by atoms with van der Waals surface area (Å²) < 4.78 is 6.16. The van der Waals surface area contributed by atoms with Crippen molar-refractivity contribution in [1.82, 2.24) is 19.6 Å². The standard InChI is InChI=1S/2C9H14BrN3/c2*10-7-5-12-13(6-7)9-3-1-2-8(11)4-9/h2*5-6,8-9H,1-4,11H2/t8-,9+;8-,9-/m11/s1. The van der Waals surface area contributed by atoms with Gasteiger partial charge >= 0.3 is 0 Å². The molecule has 4 atom stereocenters. The second kappa shape index (κ2) is 9.48. The van der Waals surface area contributed by atoms with Crippen molar-refractivity contribution in [2.24, 2.45) is 11.5 Å². The van der Waals surface area contributed by atoms with Crippen LogP contribution in [0.25, 0.3) is 0 Å². The molecule has 4 N–H and O–H groups in total. The van der Waals surface area contributed by atoms with Crippen molar-refractivity contribution < 1.29 is 0 Å². The summed E-state index contributed by atoms with van der Waals surface area (Å²) in [7, 11) is 0. The number of aromatic nitrogens is 4. The second-order valence-electron chi connectivity index (χ2n) is 7.44. The molecular formula is C18H28Br2N6. The van der Waals surface area contributed by atoms with Crippen LogP contribution in [0, 0.1) is 0 Å². The van der Waals surface area contributed by atoms with Gasteiger partial charge in [-0.25, -0.2) is 0 Å². The Morgan fingerprint density at radius 2 is 1.19 bits per heavy atom. The van der Waals surface area contributed by atoms with Crippen molar-refractivity contribution in [2.45, 2.75) is 75.5 Å². The van der Waals surface area contributed by atoms with E-state index in [0.717, 1.165) is 21.8 Å². The lowest BCUT2D eigenvalue weighted by molar-refractivity contribution is 0.300. The Balaban J connectivity index is 0.000000151. The van der Waals surface area contributed by atoms with E-state index in [1.54, 1.807) is 0 Å². The summed E-state index contributed by atoms with van der Waals surface area (Å²) in [5.74, 6) is 0. The molecule has 144 valence electrons. The van der Waals surface area contributed by atoms with E-state index in [-0.39, 0.29) is 0 Å². The van der Waals surface area contributed by atoms with Gasteiger partial charge in [-0.3, -0.25) is 9.36 Å². The van der Waals surface area contributed by atoms with Crippen LogP contribution < -0.4 is 11.5 Å². The van der Waals surface area contributed by atoms with Crippen molar-refractivity contribution in [3.63, 3.8) is 0 Å². The van der Waals surface area contributed by atoms with Gasteiger partial charge in [0.25, 0.3) is 0 Å². The number of rotatable bonds is 2. The summed E-state index contributed by atoms with van der Waals surface area (Å²) in [5, 5.41) is 8.58. The summed E-state index contributed by atoms with van der Waals surface area (Å²) in [6.45, 7) is 0.